The van der Waals surface area contributed by atoms with Gasteiger partial charge >= 0.3 is 11.9 Å². The molecule has 3 unspecified atom stereocenters. The number of amides is 3. The molecule has 3 amide bonds. The maximum Gasteiger partial charge on any atom is 0.326 e. The van der Waals surface area contributed by atoms with Gasteiger partial charge in [0, 0.05) is 13.0 Å². The summed E-state index contributed by atoms with van der Waals surface area (Å²) >= 11 is 0. The van der Waals surface area contributed by atoms with Crippen molar-refractivity contribution in [3.05, 3.63) is 0 Å². The standard InChI is InChI=1S/C17H28N4O7/c1-9(2)14(18)15(25)19-8-12(22)20-10(5-6-13(23)24)16(26)21-7-3-4-11(21)17(27)28/h9-11,14H,3-8,18H2,1-2H3,(H,19,25)(H,20,22)(H,23,24)(H,27,28). The second-order valence-electron chi connectivity index (χ2n) is 7.07. The Morgan fingerprint density at radius 3 is 2.36 bits per heavy atom. The molecule has 1 saturated heterocycles. The highest BCUT2D eigenvalue weighted by Gasteiger charge is 2.37. The molecule has 6 N–H and O–H groups in total. The zero-order valence-electron chi connectivity index (χ0n) is 16.0. The summed E-state index contributed by atoms with van der Waals surface area (Å²) in [7, 11) is 0. The van der Waals surface area contributed by atoms with Crippen molar-refractivity contribution in [3.63, 3.8) is 0 Å². The van der Waals surface area contributed by atoms with E-state index in [1.165, 1.54) is 0 Å². The number of nitrogens with two attached hydrogens (primary N) is 1. The number of carboxylic acids is 2. The van der Waals surface area contributed by atoms with Crippen LogP contribution in [0.15, 0.2) is 0 Å². The molecule has 0 saturated carbocycles. The molecular weight excluding hydrogens is 372 g/mol. The first-order valence-corrected chi connectivity index (χ1v) is 9.12. The molecule has 3 atom stereocenters. The minimum atomic E-state index is -1.20. The summed E-state index contributed by atoms with van der Waals surface area (Å²) in [5, 5.41) is 22.8. The zero-order valence-corrected chi connectivity index (χ0v) is 16.0. The van der Waals surface area contributed by atoms with Crippen molar-refractivity contribution in [1.29, 1.82) is 0 Å². The van der Waals surface area contributed by atoms with Crippen LogP contribution in [-0.4, -0.2) is 76.0 Å². The van der Waals surface area contributed by atoms with Crippen molar-refractivity contribution in [2.75, 3.05) is 13.1 Å². The number of aliphatic carboxylic acids is 2. The van der Waals surface area contributed by atoms with Crippen LogP contribution in [0, 0.1) is 5.92 Å². The van der Waals surface area contributed by atoms with Gasteiger partial charge in [0.15, 0.2) is 0 Å². The Bertz CT molecular complexity index is 623. The van der Waals surface area contributed by atoms with Crippen LogP contribution in [0.25, 0.3) is 0 Å². The Kier molecular flexibility index (Phi) is 8.83. The molecule has 11 heteroatoms. The number of carbonyl (C=O) groups is 5. The van der Waals surface area contributed by atoms with Gasteiger partial charge in [-0.2, -0.15) is 0 Å². The van der Waals surface area contributed by atoms with Crippen LogP contribution in [0.4, 0.5) is 0 Å². The van der Waals surface area contributed by atoms with Gasteiger partial charge in [0.1, 0.15) is 12.1 Å². The largest absolute Gasteiger partial charge is 0.481 e. The van der Waals surface area contributed by atoms with Gasteiger partial charge in [-0.3, -0.25) is 19.2 Å². The van der Waals surface area contributed by atoms with Crippen molar-refractivity contribution in [1.82, 2.24) is 15.5 Å². The van der Waals surface area contributed by atoms with Gasteiger partial charge < -0.3 is 31.5 Å². The fraction of sp³-hybridized carbons (Fsp3) is 0.706. The summed E-state index contributed by atoms with van der Waals surface area (Å²) in [6.45, 7) is 3.29. The molecule has 0 bridgehead atoms. The van der Waals surface area contributed by atoms with E-state index in [1.807, 2.05) is 0 Å². The van der Waals surface area contributed by atoms with Crippen LogP contribution in [0.5, 0.6) is 0 Å². The zero-order chi connectivity index (χ0) is 21.4. The van der Waals surface area contributed by atoms with E-state index in [2.05, 4.69) is 10.6 Å². The Labute approximate surface area is 162 Å². The molecule has 158 valence electrons. The minimum absolute atomic E-state index is 0.129. The van der Waals surface area contributed by atoms with Crippen molar-refractivity contribution in [2.24, 2.45) is 11.7 Å². The van der Waals surface area contributed by atoms with E-state index >= 15 is 0 Å². The quantitative estimate of drug-likeness (QED) is 0.294. The molecule has 1 aliphatic heterocycles. The van der Waals surface area contributed by atoms with Gasteiger partial charge in [0.2, 0.25) is 17.7 Å². The van der Waals surface area contributed by atoms with E-state index in [4.69, 9.17) is 10.8 Å². The summed E-state index contributed by atoms with van der Waals surface area (Å²) in [4.78, 5) is 59.9. The number of carbonyl (C=O) groups excluding carboxylic acids is 3. The molecule has 0 aliphatic carbocycles. The van der Waals surface area contributed by atoms with Crippen LogP contribution in [0.1, 0.15) is 39.5 Å². The molecule has 0 aromatic rings. The van der Waals surface area contributed by atoms with E-state index in [9.17, 15) is 29.1 Å². The van der Waals surface area contributed by atoms with Gasteiger partial charge in [-0.1, -0.05) is 13.8 Å². The molecular formula is C17H28N4O7. The highest BCUT2D eigenvalue weighted by atomic mass is 16.4. The molecule has 1 fully saturated rings. The first kappa shape index (κ1) is 23.3. The number of nitrogens with zero attached hydrogens (tertiary/aromatic N) is 1. The monoisotopic (exact) mass is 400 g/mol. The first-order valence-electron chi connectivity index (χ1n) is 9.12. The van der Waals surface area contributed by atoms with Crippen LogP contribution < -0.4 is 16.4 Å². The molecule has 0 spiro atoms. The van der Waals surface area contributed by atoms with E-state index in [0.717, 1.165) is 4.90 Å². The Morgan fingerprint density at radius 1 is 1.18 bits per heavy atom. The highest BCUT2D eigenvalue weighted by Crippen LogP contribution is 2.19. The Hall–Kier alpha value is -2.69. The number of nitrogens with one attached hydrogen (secondary N) is 2. The third-order valence-electron chi connectivity index (χ3n) is 4.55. The third-order valence-corrected chi connectivity index (χ3v) is 4.55. The molecule has 1 rings (SSSR count). The number of carboxylic acid groups (broad SMARTS) is 2. The van der Waals surface area contributed by atoms with Gasteiger partial charge in [0.05, 0.1) is 12.6 Å². The summed E-state index contributed by atoms with van der Waals surface area (Å²) in [6, 6.07) is -2.99. The van der Waals surface area contributed by atoms with Crippen molar-refractivity contribution in [2.45, 2.75) is 57.7 Å². The van der Waals surface area contributed by atoms with Gasteiger partial charge in [-0.05, 0) is 25.2 Å². The number of hydrogen-bond acceptors (Lipinski definition) is 6. The average Bonchev–Trinajstić information content (AvgIpc) is 3.11. The lowest BCUT2D eigenvalue weighted by atomic mass is 10.1. The topological polar surface area (TPSA) is 179 Å². The summed E-state index contributed by atoms with van der Waals surface area (Å²) in [5.74, 6) is -4.30. The summed E-state index contributed by atoms with van der Waals surface area (Å²) < 4.78 is 0. The van der Waals surface area contributed by atoms with Crippen LogP contribution in [0.2, 0.25) is 0 Å². The predicted molar refractivity (Wildman–Crippen MR) is 97.0 cm³/mol. The lowest BCUT2D eigenvalue weighted by Crippen LogP contribution is -2.54. The van der Waals surface area contributed by atoms with Gasteiger partial charge in [-0.25, -0.2) is 4.79 Å². The SMILES string of the molecule is CC(C)C(N)C(=O)NCC(=O)NC(CCC(=O)O)C(=O)N1CCCC1C(=O)O. The molecule has 0 aromatic carbocycles. The Balaban J connectivity index is 2.74. The minimum Gasteiger partial charge on any atom is -0.481 e. The summed E-state index contributed by atoms with van der Waals surface area (Å²) in [6.07, 6.45) is 0.227. The predicted octanol–water partition coefficient (Wildman–Crippen LogP) is -1.49. The van der Waals surface area contributed by atoms with E-state index in [-0.39, 0.29) is 25.3 Å². The molecule has 0 aromatic heterocycles. The third kappa shape index (κ3) is 6.80. The van der Waals surface area contributed by atoms with E-state index in [0.29, 0.717) is 12.8 Å². The van der Waals surface area contributed by atoms with Gasteiger partial charge in [0.25, 0.3) is 0 Å². The number of rotatable bonds is 10. The van der Waals surface area contributed by atoms with Crippen LogP contribution in [-0.2, 0) is 24.0 Å². The van der Waals surface area contributed by atoms with Crippen molar-refractivity contribution >= 4 is 29.7 Å². The normalized spacial score (nSPS) is 18.4. The second-order valence-corrected chi connectivity index (χ2v) is 7.07. The van der Waals surface area contributed by atoms with E-state index in [1.54, 1.807) is 13.8 Å². The molecule has 28 heavy (non-hydrogen) atoms. The van der Waals surface area contributed by atoms with Crippen molar-refractivity contribution < 1.29 is 34.2 Å². The first-order chi connectivity index (χ1) is 13.0. The number of likely N-dealkylation sites (tertiary alicyclic amines) is 1. The molecule has 0 radical (unpaired) electrons. The maximum absolute atomic E-state index is 12.7. The molecule has 1 aliphatic rings. The smallest absolute Gasteiger partial charge is 0.326 e. The molecule has 11 nitrogen and oxygen atoms in total. The fourth-order valence-corrected chi connectivity index (χ4v) is 2.85. The highest BCUT2D eigenvalue weighted by molar-refractivity contribution is 5.93. The average molecular weight is 400 g/mol. The van der Waals surface area contributed by atoms with Gasteiger partial charge in [-0.15, -0.1) is 0 Å². The van der Waals surface area contributed by atoms with Crippen LogP contribution in [0.3, 0.4) is 0 Å². The fourth-order valence-electron chi connectivity index (χ4n) is 2.85. The van der Waals surface area contributed by atoms with E-state index < -0.39 is 54.3 Å². The lowest BCUT2D eigenvalue weighted by molar-refractivity contribution is -0.149. The lowest BCUT2D eigenvalue weighted by Gasteiger charge is -2.27. The number of hydrogen-bond donors (Lipinski definition) is 5. The second kappa shape index (κ2) is 10.6. The molecule has 1 heterocycles. The Morgan fingerprint density at radius 2 is 1.82 bits per heavy atom. The summed E-state index contributed by atoms with van der Waals surface area (Å²) in [5.41, 5.74) is 5.68. The van der Waals surface area contributed by atoms with Crippen LogP contribution >= 0.6 is 0 Å². The maximum atomic E-state index is 12.7. The van der Waals surface area contributed by atoms with Crippen molar-refractivity contribution in [3.8, 4) is 0 Å².